The fourth-order valence-electron chi connectivity index (χ4n) is 2.63. The molecule has 1 saturated carbocycles. The van der Waals surface area contributed by atoms with Crippen molar-refractivity contribution >= 4 is 16.7 Å². The van der Waals surface area contributed by atoms with Crippen molar-refractivity contribution in [1.82, 2.24) is 10.3 Å². The fraction of sp³-hybridized carbons (Fsp3) is 0.471. The standard InChI is InChI=1S/C17H23N3/c1-3-20(4-2)17-11-13(12-18-14-9-10-14)15-7-5-6-8-16(15)19-17/h5-8,11,14,18H,3-4,9-10,12H2,1-2H3. The summed E-state index contributed by atoms with van der Waals surface area (Å²) >= 11 is 0. The third kappa shape index (κ3) is 2.78. The lowest BCUT2D eigenvalue weighted by molar-refractivity contribution is 0.690. The number of nitrogens with one attached hydrogen (secondary N) is 1. The first kappa shape index (κ1) is 13.4. The monoisotopic (exact) mass is 269 g/mol. The first-order valence-corrected chi connectivity index (χ1v) is 7.68. The Morgan fingerprint density at radius 2 is 1.95 bits per heavy atom. The lowest BCUT2D eigenvalue weighted by Gasteiger charge is -2.21. The number of rotatable bonds is 6. The Balaban J connectivity index is 1.99. The maximum atomic E-state index is 4.82. The van der Waals surface area contributed by atoms with Crippen LogP contribution in [0.3, 0.4) is 0 Å². The van der Waals surface area contributed by atoms with Gasteiger partial charge in [0.2, 0.25) is 0 Å². The Morgan fingerprint density at radius 1 is 1.20 bits per heavy atom. The van der Waals surface area contributed by atoms with Crippen molar-refractivity contribution in [2.45, 2.75) is 39.3 Å². The fourth-order valence-corrected chi connectivity index (χ4v) is 2.63. The summed E-state index contributed by atoms with van der Waals surface area (Å²) in [5, 5.41) is 4.90. The molecule has 1 aromatic carbocycles. The van der Waals surface area contributed by atoms with E-state index in [1.807, 2.05) is 0 Å². The van der Waals surface area contributed by atoms with Crippen LogP contribution >= 0.6 is 0 Å². The highest BCUT2D eigenvalue weighted by Crippen LogP contribution is 2.25. The Labute approximate surface area is 121 Å². The van der Waals surface area contributed by atoms with Crippen LogP contribution in [0, 0.1) is 0 Å². The van der Waals surface area contributed by atoms with E-state index in [4.69, 9.17) is 4.98 Å². The number of fused-ring (bicyclic) bond motifs is 1. The highest BCUT2D eigenvalue weighted by atomic mass is 15.2. The maximum Gasteiger partial charge on any atom is 0.129 e. The topological polar surface area (TPSA) is 28.2 Å². The van der Waals surface area contributed by atoms with Crippen LogP contribution in [0.25, 0.3) is 10.9 Å². The molecule has 1 heterocycles. The average Bonchev–Trinajstić information content (AvgIpc) is 3.30. The molecule has 0 atom stereocenters. The molecule has 0 saturated heterocycles. The van der Waals surface area contributed by atoms with Gasteiger partial charge in [-0.15, -0.1) is 0 Å². The van der Waals surface area contributed by atoms with Gasteiger partial charge < -0.3 is 10.2 Å². The van der Waals surface area contributed by atoms with Crippen molar-refractivity contribution in [3.63, 3.8) is 0 Å². The zero-order valence-electron chi connectivity index (χ0n) is 12.4. The Hall–Kier alpha value is -1.61. The van der Waals surface area contributed by atoms with Crippen LogP contribution in [0.4, 0.5) is 5.82 Å². The molecule has 3 heteroatoms. The molecule has 0 bridgehead atoms. The Kier molecular flexibility index (Phi) is 3.88. The van der Waals surface area contributed by atoms with Gasteiger partial charge >= 0.3 is 0 Å². The number of para-hydroxylation sites is 1. The molecule has 20 heavy (non-hydrogen) atoms. The minimum absolute atomic E-state index is 0.735. The molecule has 3 rings (SSSR count). The van der Waals surface area contributed by atoms with E-state index < -0.39 is 0 Å². The van der Waals surface area contributed by atoms with E-state index in [-0.39, 0.29) is 0 Å². The largest absolute Gasteiger partial charge is 0.357 e. The van der Waals surface area contributed by atoms with E-state index >= 15 is 0 Å². The molecular weight excluding hydrogens is 246 g/mol. The third-order valence-corrected chi connectivity index (χ3v) is 4.03. The molecule has 0 aliphatic heterocycles. The molecule has 1 N–H and O–H groups in total. The average molecular weight is 269 g/mol. The molecule has 0 spiro atoms. The number of hydrogen-bond donors (Lipinski definition) is 1. The van der Waals surface area contributed by atoms with E-state index in [9.17, 15) is 0 Å². The van der Waals surface area contributed by atoms with Gasteiger partial charge in [0, 0.05) is 31.1 Å². The van der Waals surface area contributed by atoms with Crippen molar-refractivity contribution in [1.29, 1.82) is 0 Å². The van der Waals surface area contributed by atoms with Gasteiger partial charge in [-0.3, -0.25) is 0 Å². The number of benzene rings is 1. The minimum atomic E-state index is 0.735. The lowest BCUT2D eigenvalue weighted by atomic mass is 10.1. The normalized spacial score (nSPS) is 14.7. The molecule has 3 nitrogen and oxygen atoms in total. The van der Waals surface area contributed by atoms with E-state index in [0.29, 0.717) is 0 Å². The van der Waals surface area contributed by atoms with Crippen LogP contribution in [0.15, 0.2) is 30.3 Å². The second-order valence-corrected chi connectivity index (χ2v) is 5.48. The van der Waals surface area contributed by atoms with Crippen molar-refractivity contribution < 1.29 is 0 Å². The van der Waals surface area contributed by atoms with Crippen LogP contribution < -0.4 is 10.2 Å². The number of aromatic nitrogens is 1. The molecule has 1 aliphatic rings. The van der Waals surface area contributed by atoms with Gasteiger partial charge in [-0.1, -0.05) is 18.2 Å². The molecule has 106 valence electrons. The van der Waals surface area contributed by atoms with Crippen molar-refractivity contribution in [2.24, 2.45) is 0 Å². The molecule has 0 amide bonds. The quantitative estimate of drug-likeness (QED) is 0.872. The van der Waals surface area contributed by atoms with Gasteiger partial charge in [0.1, 0.15) is 5.82 Å². The summed E-state index contributed by atoms with van der Waals surface area (Å²) in [4.78, 5) is 7.13. The SMILES string of the molecule is CCN(CC)c1cc(CNC2CC2)c2ccccc2n1. The first-order chi connectivity index (χ1) is 9.81. The van der Waals surface area contributed by atoms with Gasteiger partial charge in [0.05, 0.1) is 5.52 Å². The highest BCUT2D eigenvalue weighted by Gasteiger charge is 2.20. The zero-order chi connectivity index (χ0) is 13.9. The summed E-state index contributed by atoms with van der Waals surface area (Å²) in [6.45, 7) is 7.31. The second-order valence-electron chi connectivity index (χ2n) is 5.48. The minimum Gasteiger partial charge on any atom is -0.357 e. The predicted molar refractivity (Wildman–Crippen MR) is 85.2 cm³/mol. The molecule has 2 aromatic rings. The molecule has 1 aliphatic carbocycles. The summed E-state index contributed by atoms with van der Waals surface area (Å²) in [5.74, 6) is 1.10. The van der Waals surface area contributed by atoms with Gasteiger partial charge in [-0.05, 0) is 44.4 Å². The molecule has 1 fully saturated rings. The van der Waals surface area contributed by atoms with Gasteiger partial charge in [0.25, 0.3) is 0 Å². The van der Waals surface area contributed by atoms with Gasteiger partial charge in [-0.25, -0.2) is 4.98 Å². The van der Waals surface area contributed by atoms with E-state index in [1.54, 1.807) is 0 Å². The van der Waals surface area contributed by atoms with E-state index in [1.165, 1.54) is 23.8 Å². The van der Waals surface area contributed by atoms with Crippen LogP contribution in [-0.4, -0.2) is 24.1 Å². The molecular formula is C17H23N3. The number of pyridine rings is 1. The van der Waals surface area contributed by atoms with Gasteiger partial charge in [-0.2, -0.15) is 0 Å². The molecule has 0 unspecified atom stereocenters. The van der Waals surface area contributed by atoms with Crippen LogP contribution in [-0.2, 0) is 6.54 Å². The number of anilines is 1. The maximum absolute atomic E-state index is 4.82. The van der Waals surface area contributed by atoms with Crippen LogP contribution in [0.5, 0.6) is 0 Å². The summed E-state index contributed by atoms with van der Waals surface area (Å²) in [5.41, 5.74) is 2.47. The smallest absolute Gasteiger partial charge is 0.129 e. The van der Waals surface area contributed by atoms with Crippen molar-refractivity contribution in [3.05, 3.63) is 35.9 Å². The number of hydrogen-bond acceptors (Lipinski definition) is 3. The van der Waals surface area contributed by atoms with Crippen molar-refractivity contribution in [2.75, 3.05) is 18.0 Å². The molecule has 0 radical (unpaired) electrons. The lowest BCUT2D eigenvalue weighted by Crippen LogP contribution is -2.23. The summed E-state index contributed by atoms with van der Waals surface area (Å²) in [6.07, 6.45) is 2.65. The Morgan fingerprint density at radius 3 is 2.65 bits per heavy atom. The van der Waals surface area contributed by atoms with E-state index in [2.05, 4.69) is 54.4 Å². The summed E-state index contributed by atoms with van der Waals surface area (Å²) in [6, 6.07) is 11.5. The number of nitrogens with zero attached hydrogens (tertiary/aromatic N) is 2. The van der Waals surface area contributed by atoms with E-state index in [0.717, 1.165) is 37.0 Å². The zero-order valence-corrected chi connectivity index (χ0v) is 12.4. The van der Waals surface area contributed by atoms with Crippen LogP contribution in [0.2, 0.25) is 0 Å². The first-order valence-electron chi connectivity index (χ1n) is 7.68. The van der Waals surface area contributed by atoms with Crippen LogP contribution in [0.1, 0.15) is 32.3 Å². The van der Waals surface area contributed by atoms with Gasteiger partial charge in [0.15, 0.2) is 0 Å². The summed E-state index contributed by atoms with van der Waals surface area (Å²) < 4.78 is 0. The van der Waals surface area contributed by atoms with Crippen molar-refractivity contribution in [3.8, 4) is 0 Å². The Bertz CT molecular complexity index is 586. The second kappa shape index (κ2) is 5.80. The third-order valence-electron chi connectivity index (χ3n) is 4.03. The summed E-state index contributed by atoms with van der Waals surface area (Å²) in [7, 11) is 0. The molecule has 1 aromatic heterocycles. The highest BCUT2D eigenvalue weighted by molar-refractivity contribution is 5.84. The predicted octanol–water partition coefficient (Wildman–Crippen LogP) is 3.33.